The highest BCUT2D eigenvalue weighted by molar-refractivity contribution is 5.77. The van der Waals surface area contributed by atoms with Crippen LogP contribution in [0.2, 0.25) is 0 Å². The van der Waals surface area contributed by atoms with E-state index in [2.05, 4.69) is 17.4 Å². The maximum Gasteiger partial charge on any atom is 0.222 e. The summed E-state index contributed by atoms with van der Waals surface area (Å²) in [5.41, 5.74) is 2.83. The van der Waals surface area contributed by atoms with E-state index >= 15 is 0 Å². The second-order valence-corrected chi connectivity index (χ2v) is 5.53. The summed E-state index contributed by atoms with van der Waals surface area (Å²) in [6.07, 6.45) is 3.33. The van der Waals surface area contributed by atoms with Gasteiger partial charge in [0.15, 0.2) is 0 Å². The first kappa shape index (κ1) is 13.9. The Morgan fingerprint density at radius 2 is 2.26 bits per heavy atom. The largest absolute Gasteiger partial charge is 0.497 e. The Morgan fingerprint density at radius 1 is 1.47 bits per heavy atom. The zero-order chi connectivity index (χ0) is 13.8. The lowest BCUT2D eigenvalue weighted by atomic mass is 9.97. The molecule has 1 aliphatic carbocycles. The van der Waals surface area contributed by atoms with E-state index in [0.29, 0.717) is 5.92 Å². The van der Waals surface area contributed by atoms with Crippen LogP contribution >= 0.6 is 0 Å². The molecule has 3 nitrogen and oxygen atoms in total. The molecule has 1 aliphatic rings. The van der Waals surface area contributed by atoms with Gasteiger partial charge < -0.3 is 10.1 Å². The van der Waals surface area contributed by atoms with E-state index in [1.165, 1.54) is 17.5 Å². The molecule has 0 radical (unpaired) electrons. The normalized spacial score (nSPS) is 17.4. The molecule has 1 atom stereocenters. The van der Waals surface area contributed by atoms with Crippen LogP contribution < -0.4 is 10.1 Å². The SMILES string of the molecule is COc1ccc2c(c1)CCC2CCNC(=O)C(C)C. The van der Waals surface area contributed by atoms with Gasteiger partial charge in [0, 0.05) is 12.5 Å². The maximum absolute atomic E-state index is 11.5. The van der Waals surface area contributed by atoms with Crippen molar-refractivity contribution in [3.8, 4) is 5.75 Å². The summed E-state index contributed by atoms with van der Waals surface area (Å²) >= 11 is 0. The van der Waals surface area contributed by atoms with E-state index in [4.69, 9.17) is 4.74 Å². The number of nitrogens with one attached hydrogen (secondary N) is 1. The standard InChI is InChI=1S/C16H23NO2/c1-11(2)16(18)17-9-8-12-4-5-13-10-14(19-3)6-7-15(12)13/h6-7,10-12H,4-5,8-9H2,1-3H3,(H,17,18). The van der Waals surface area contributed by atoms with E-state index in [0.717, 1.165) is 25.1 Å². The summed E-state index contributed by atoms with van der Waals surface area (Å²) in [6, 6.07) is 6.35. The van der Waals surface area contributed by atoms with Crippen molar-refractivity contribution in [3.63, 3.8) is 0 Å². The average molecular weight is 261 g/mol. The van der Waals surface area contributed by atoms with Crippen LogP contribution in [0.5, 0.6) is 5.75 Å². The number of fused-ring (bicyclic) bond motifs is 1. The average Bonchev–Trinajstić information content (AvgIpc) is 2.80. The van der Waals surface area contributed by atoms with Gasteiger partial charge in [0.2, 0.25) is 5.91 Å². The number of ether oxygens (including phenoxy) is 1. The van der Waals surface area contributed by atoms with Gasteiger partial charge in [-0.2, -0.15) is 0 Å². The number of aryl methyl sites for hydroxylation is 1. The zero-order valence-electron chi connectivity index (χ0n) is 12.0. The Morgan fingerprint density at radius 3 is 2.95 bits per heavy atom. The van der Waals surface area contributed by atoms with E-state index < -0.39 is 0 Å². The topological polar surface area (TPSA) is 38.3 Å². The minimum atomic E-state index is 0.0696. The van der Waals surface area contributed by atoms with Crippen LogP contribution in [0, 0.1) is 5.92 Å². The van der Waals surface area contributed by atoms with E-state index in [9.17, 15) is 4.79 Å². The monoisotopic (exact) mass is 261 g/mol. The number of carbonyl (C=O) groups excluding carboxylic acids is 1. The van der Waals surface area contributed by atoms with Crippen molar-refractivity contribution in [2.75, 3.05) is 13.7 Å². The first-order valence-electron chi connectivity index (χ1n) is 7.06. The second-order valence-electron chi connectivity index (χ2n) is 5.53. The molecule has 1 amide bonds. The van der Waals surface area contributed by atoms with Gasteiger partial charge in [-0.05, 0) is 48.4 Å². The fourth-order valence-corrected chi connectivity index (χ4v) is 2.68. The van der Waals surface area contributed by atoms with E-state index in [1.807, 2.05) is 19.9 Å². The van der Waals surface area contributed by atoms with Crippen molar-refractivity contribution in [1.82, 2.24) is 5.32 Å². The Bertz CT molecular complexity index is 454. The predicted molar refractivity (Wildman–Crippen MR) is 76.5 cm³/mol. The van der Waals surface area contributed by atoms with Crippen LogP contribution in [-0.4, -0.2) is 19.6 Å². The molecule has 0 spiro atoms. The van der Waals surface area contributed by atoms with Crippen molar-refractivity contribution in [2.24, 2.45) is 5.92 Å². The third-order valence-electron chi connectivity index (χ3n) is 3.87. The predicted octanol–water partition coefficient (Wildman–Crippen LogP) is 2.89. The summed E-state index contributed by atoms with van der Waals surface area (Å²) in [4.78, 5) is 11.5. The lowest BCUT2D eigenvalue weighted by Gasteiger charge is -2.13. The summed E-state index contributed by atoms with van der Waals surface area (Å²) < 4.78 is 5.26. The smallest absolute Gasteiger partial charge is 0.222 e. The van der Waals surface area contributed by atoms with Gasteiger partial charge in [-0.25, -0.2) is 0 Å². The van der Waals surface area contributed by atoms with Gasteiger partial charge in [-0.1, -0.05) is 19.9 Å². The van der Waals surface area contributed by atoms with Gasteiger partial charge in [-0.15, -0.1) is 0 Å². The lowest BCUT2D eigenvalue weighted by Crippen LogP contribution is -2.29. The summed E-state index contributed by atoms with van der Waals surface area (Å²) in [5, 5.41) is 3.00. The van der Waals surface area contributed by atoms with Crippen LogP contribution in [-0.2, 0) is 11.2 Å². The van der Waals surface area contributed by atoms with Gasteiger partial charge in [0.1, 0.15) is 5.75 Å². The van der Waals surface area contributed by atoms with E-state index in [1.54, 1.807) is 7.11 Å². The molecule has 1 N–H and O–H groups in total. The highest BCUT2D eigenvalue weighted by atomic mass is 16.5. The molecule has 1 unspecified atom stereocenters. The second kappa shape index (κ2) is 6.09. The molecule has 0 saturated carbocycles. The first-order chi connectivity index (χ1) is 9.11. The van der Waals surface area contributed by atoms with Crippen LogP contribution in [0.15, 0.2) is 18.2 Å². The number of carbonyl (C=O) groups is 1. The molecule has 0 saturated heterocycles. The molecule has 0 bridgehead atoms. The highest BCUT2D eigenvalue weighted by Crippen LogP contribution is 2.36. The third kappa shape index (κ3) is 3.28. The van der Waals surface area contributed by atoms with Crippen molar-refractivity contribution < 1.29 is 9.53 Å². The molecule has 0 fully saturated rings. The quantitative estimate of drug-likeness (QED) is 0.885. The number of rotatable bonds is 5. The van der Waals surface area contributed by atoms with Crippen molar-refractivity contribution in [3.05, 3.63) is 29.3 Å². The van der Waals surface area contributed by atoms with Gasteiger partial charge >= 0.3 is 0 Å². The molecule has 3 heteroatoms. The summed E-state index contributed by atoms with van der Waals surface area (Å²) in [5.74, 6) is 1.73. The fourth-order valence-electron chi connectivity index (χ4n) is 2.68. The van der Waals surface area contributed by atoms with Crippen molar-refractivity contribution in [1.29, 1.82) is 0 Å². The molecular formula is C16H23NO2. The molecule has 104 valence electrons. The molecule has 2 rings (SSSR count). The highest BCUT2D eigenvalue weighted by Gasteiger charge is 2.22. The van der Waals surface area contributed by atoms with Crippen molar-refractivity contribution >= 4 is 5.91 Å². The van der Waals surface area contributed by atoms with Crippen molar-refractivity contribution in [2.45, 2.75) is 39.0 Å². The van der Waals surface area contributed by atoms with E-state index in [-0.39, 0.29) is 11.8 Å². The third-order valence-corrected chi connectivity index (χ3v) is 3.87. The lowest BCUT2D eigenvalue weighted by molar-refractivity contribution is -0.123. The van der Waals surface area contributed by atoms with Gasteiger partial charge in [0.25, 0.3) is 0 Å². The number of hydrogen-bond acceptors (Lipinski definition) is 2. The Labute approximate surface area is 115 Å². The van der Waals surface area contributed by atoms with Crippen LogP contribution in [0.1, 0.15) is 43.7 Å². The van der Waals surface area contributed by atoms with Crippen LogP contribution in [0.3, 0.4) is 0 Å². The maximum atomic E-state index is 11.5. The summed E-state index contributed by atoms with van der Waals surface area (Å²) in [7, 11) is 1.70. The number of benzene rings is 1. The Hall–Kier alpha value is -1.51. The van der Waals surface area contributed by atoms with Crippen LogP contribution in [0.25, 0.3) is 0 Å². The molecule has 19 heavy (non-hydrogen) atoms. The number of hydrogen-bond donors (Lipinski definition) is 1. The van der Waals surface area contributed by atoms with Gasteiger partial charge in [-0.3, -0.25) is 4.79 Å². The molecule has 1 aromatic carbocycles. The minimum Gasteiger partial charge on any atom is -0.497 e. The zero-order valence-corrected chi connectivity index (χ0v) is 12.0. The Kier molecular flexibility index (Phi) is 4.46. The molecular weight excluding hydrogens is 238 g/mol. The first-order valence-corrected chi connectivity index (χ1v) is 7.06. The Balaban J connectivity index is 1.90. The molecule has 0 aromatic heterocycles. The number of amides is 1. The molecule has 0 aliphatic heterocycles. The molecule has 0 heterocycles. The minimum absolute atomic E-state index is 0.0696. The van der Waals surface area contributed by atoms with Crippen LogP contribution in [0.4, 0.5) is 0 Å². The summed E-state index contributed by atoms with van der Waals surface area (Å²) in [6.45, 7) is 4.62. The fraction of sp³-hybridized carbons (Fsp3) is 0.562. The molecule has 1 aromatic rings. The van der Waals surface area contributed by atoms with Gasteiger partial charge in [0.05, 0.1) is 7.11 Å². The number of methoxy groups -OCH3 is 1.